The fraction of sp³-hybridized carbons (Fsp3) is 0.300. The highest BCUT2D eigenvalue weighted by Crippen LogP contribution is 2.59. The molecule has 2 atom stereocenters. The second kappa shape index (κ2) is 7.31. The predicted molar refractivity (Wildman–Crippen MR) is 104 cm³/mol. The van der Waals surface area contributed by atoms with E-state index in [4.69, 9.17) is 19.0 Å². The zero-order chi connectivity index (χ0) is 19.7. The Balaban J connectivity index is 1.69. The van der Waals surface area contributed by atoms with Crippen LogP contribution in [-0.2, 0) is 26.9 Å². The summed E-state index contributed by atoms with van der Waals surface area (Å²) >= 11 is 0. The van der Waals surface area contributed by atoms with Crippen molar-refractivity contribution in [3.05, 3.63) is 64.7 Å². The Morgan fingerprint density at radius 1 is 1.29 bits per heavy atom. The SMILES string of the molecule is Cc1cc(C)c2c(c1)CO[P@@](=O)(N1C(=NC#N)OC[C@@H]1Cc1ccccc1)O2. The van der Waals surface area contributed by atoms with Crippen molar-refractivity contribution in [3.8, 4) is 11.9 Å². The number of nitriles is 1. The first kappa shape index (κ1) is 18.5. The van der Waals surface area contributed by atoms with Gasteiger partial charge in [-0.15, -0.1) is 4.99 Å². The molecule has 2 aliphatic heterocycles. The summed E-state index contributed by atoms with van der Waals surface area (Å²) in [6, 6.07) is 13.4. The number of aliphatic imine (C=N–C) groups is 1. The Morgan fingerprint density at radius 2 is 2.07 bits per heavy atom. The zero-order valence-corrected chi connectivity index (χ0v) is 16.6. The third-order valence-electron chi connectivity index (χ3n) is 4.76. The molecule has 4 rings (SSSR count). The third kappa shape index (κ3) is 3.37. The molecule has 0 aromatic heterocycles. The normalized spacial score (nSPS) is 25.0. The average Bonchev–Trinajstić information content (AvgIpc) is 3.07. The summed E-state index contributed by atoms with van der Waals surface area (Å²) in [7, 11) is -3.79. The number of rotatable bonds is 3. The van der Waals surface area contributed by atoms with Gasteiger partial charge >= 0.3 is 13.8 Å². The minimum Gasteiger partial charge on any atom is -0.462 e. The minimum absolute atomic E-state index is 0.0278. The van der Waals surface area contributed by atoms with Crippen LogP contribution in [0.15, 0.2) is 47.5 Å². The van der Waals surface area contributed by atoms with Crippen molar-refractivity contribution in [1.29, 1.82) is 5.26 Å². The summed E-state index contributed by atoms with van der Waals surface area (Å²) in [5.74, 6) is 0.557. The molecule has 1 saturated heterocycles. The maximum absolute atomic E-state index is 13.7. The van der Waals surface area contributed by atoms with Gasteiger partial charge in [0.05, 0.1) is 12.6 Å². The Hall–Kier alpha value is -2.81. The number of benzene rings is 2. The Morgan fingerprint density at radius 3 is 2.82 bits per heavy atom. The molecule has 0 saturated carbocycles. The van der Waals surface area contributed by atoms with Crippen LogP contribution in [0.5, 0.6) is 5.75 Å². The molecule has 0 aliphatic carbocycles. The standard InChI is InChI=1S/C20H20N3O4P/c1-14-8-15(2)19-17(9-14)11-26-28(24,27-19)23-18(12-25-20(23)22-13-21)10-16-6-4-3-5-7-16/h3-9,18H,10-12H2,1-2H3/t18-,28-/m0/s1. The van der Waals surface area contributed by atoms with Crippen molar-refractivity contribution in [2.45, 2.75) is 32.9 Å². The molecule has 0 bridgehead atoms. The Kier molecular flexibility index (Phi) is 4.84. The Bertz CT molecular complexity index is 1020. The van der Waals surface area contributed by atoms with Crippen molar-refractivity contribution in [1.82, 2.24) is 4.67 Å². The molecule has 2 aromatic carbocycles. The fourth-order valence-corrected chi connectivity index (χ4v) is 5.53. The van der Waals surface area contributed by atoms with E-state index in [0.717, 1.165) is 22.3 Å². The van der Waals surface area contributed by atoms with E-state index in [2.05, 4.69) is 4.99 Å². The van der Waals surface area contributed by atoms with E-state index in [0.29, 0.717) is 12.2 Å². The quantitative estimate of drug-likeness (QED) is 0.573. The molecule has 8 heteroatoms. The molecular weight excluding hydrogens is 377 g/mol. The number of nitrogens with zero attached hydrogens (tertiary/aromatic N) is 3. The van der Waals surface area contributed by atoms with Crippen LogP contribution >= 0.6 is 7.75 Å². The number of hydrogen-bond acceptors (Lipinski definition) is 6. The highest BCUT2D eigenvalue weighted by molar-refractivity contribution is 7.52. The molecule has 2 aromatic rings. The van der Waals surface area contributed by atoms with Crippen molar-refractivity contribution >= 4 is 13.8 Å². The lowest BCUT2D eigenvalue weighted by molar-refractivity contribution is 0.194. The van der Waals surface area contributed by atoms with Gasteiger partial charge in [-0.05, 0) is 31.4 Å². The second-order valence-electron chi connectivity index (χ2n) is 6.90. The van der Waals surface area contributed by atoms with E-state index in [1.54, 1.807) is 6.19 Å². The molecule has 2 aliphatic rings. The van der Waals surface area contributed by atoms with Crippen LogP contribution in [0.3, 0.4) is 0 Å². The summed E-state index contributed by atoms with van der Waals surface area (Å²) in [5, 5.41) is 9.02. The van der Waals surface area contributed by atoms with Gasteiger partial charge in [-0.2, -0.15) is 5.26 Å². The van der Waals surface area contributed by atoms with Gasteiger partial charge in [0.15, 0.2) is 0 Å². The van der Waals surface area contributed by atoms with E-state index >= 15 is 0 Å². The van der Waals surface area contributed by atoms with Crippen LogP contribution < -0.4 is 4.52 Å². The summed E-state index contributed by atoms with van der Waals surface area (Å²) in [6.45, 7) is 4.30. The monoisotopic (exact) mass is 397 g/mol. The number of hydrogen-bond donors (Lipinski definition) is 0. The molecule has 7 nitrogen and oxygen atoms in total. The van der Waals surface area contributed by atoms with E-state index in [9.17, 15) is 4.57 Å². The van der Waals surface area contributed by atoms with Gasteiger partial charge in [0, 0.05) is 5.56 Å². The topological polar surface area (TPSA) is 84.2 Å². The summed E-state index contributed by atoms with van der Waals surface area (Å²) in [5.41, 5.74) is 3.87. The van der Waals surface area contributed by atoms with Crippen molar-refractivity contribution in [3.63, 3.8) is 0 Å². The van der Waals surface area contributed by atoms with Crippen molar-refractivity contribution < 1.29 is 18.3 Å². The highest BCUT2D eigenvalue weighted by atomic mass is 31.2. The van der Waals surface area contributed by atoms with Crippen LogP contribution in [0.1, 0.15) is 22.3 Å². The van der Waals surface area contributed by atoms with Crippen molar-refractivity contribution in [2.75, 3.05) is 6.61 Å². The molecule has 28 heavy (non-hydrogen) atoms. The van der Waals surface area contributed by atoms with Crippen LogP contribution in [0.2, 0.25) is 0 Å². The van der Waals surface area contributed by atoms with Gasteiger partial charge in [0.2, 0.25) is 6.19 Å². The van der Waals surface area contributed by atoms with Gasteiger partial charge < -0.3 is 9.26 Å². The molecule has 0 radical (unpaired) electrons. The maximum atomic E-state index is 13.7. The smallest absolute Gasteiger partial charge is 0.462 e. The van der Waals surface area contributed by atoms with Gasteiger partial charge in [0.25, 0.3) is 0 Å². The summed E-state index contributed by atoms with van der Waals surface area (Å²) in [6.07, 6.45) is 2.26. The van der Waals surface area contributed by atoms with Gasteiger partial charge in [-0.1, -0.05) is 48.0 Å². The average molecular weight is 397 g/mol. The number of fused-ring (bicyclic) bond motifs is 1. The van der Waals surface area contributed by atoms with E-state index in [1.807, 2.05) is 56.3 Å². The lowest BCUT2D eigenvalue weighted by Crippen LogP contribution is -2.36. The van der Waals surface area contributed by atoms with E-state index in [1.165, 1.54) is 4.67 Å². The molecular formula is C20H20N3O4P. The van der Waals surface area contributed by atoms with Gasteiger partial charge in [-0.3, -0.25) is 4.52 Å². The third-order valence-corrected chi connectivity index (χ3v) is 6.65. The molecule has 2 heterocycles. The fourth-order valence-electron chi connectivity index (χ4n) is 3.61. The molecule has 0 spiro atoms. The number of aryl methyl sites for hydroxylation is 2. The van der Waals surface area contributed by atoms with Crippen LogP contribution in [0.4, 0.5) is 0 Å². The lowest BCUT2D eigenvalue weighted by Gasteiger charge is -2.34. The Labute approximate surface area is 163 Å². The first-order valence-electron chi connectivity index (χ1n) is 8.97. The minimum atomic E-state index is -3.79. The summed E-state index contributed by atoms with van der Waals surface area (Å²) < 4.78 is 32.4. The molecule has 0 unspecified atom stereocenters. The lowest BCUT2D eigenvalue weighted by atomic mass is 10.1. The molecule has 0 amide bonds. The first-order chi connectivity index (χ1) is 13.5. The number of ether oxygens (including phenoxy) is 1. The summed E-state index contributed by atoms with van der Waals surface area (Å²) in [4.78, 5) is 3.70. The number of amidine groups is 1. The molecule has 1 fully saturated rings. The van der Waals surface area contributed by atoms with E-state index < -0.39 is 7.75 Å². The zero-order valence-electron chi connectivity index (χ0n) is 15.7. The second-order valence-corrected chi connectivity index (χ2v) is 8.71. The van der Waals surface area contributed by atoms with Crippen LogP contribution in [0, 0.1) is 25.3 Å². The van der Waals surface area contributed by atoms with Crippen molar-refractivity contribution in [2.24, 2.45) is 4.99 Å². The molecule has 144 valence electrons. The molecule has 0 N–H and O–H groups in total. The largest absolute Gasteiger partial charge is 0.493 e. The first-order valence-corrected chi connectivity index (χ1v) is 10.5. The van der Waals surface area contributed by atoms with Gasteiger partial charge in [-0.25, -0.2) is 9.24 Å². The van der Waals surface area contributed by atoms with Crippen LogP contribution in [0.25, 0.3) is 0 Å². The highest BCUT2D eigenvalue weighted by Gasteiger charge is 2.50. The maximum Gasteiger partial charge on any atom is 0.493 e. The van der Waals surface area contributed by atoms with E-state index in [-0.39, 0.29) is 25.3 Å². The predicted octanol–water partition coefficient (Wildman–Crippen LogP) is 4.10. The van der Waals surface area contributed by atoms with Gasteiger partial charge in [0.1, 0.15) is 12.4 Å². The van der Waals surface area contributed by atoms with Crippen LogP contribution in [-0.4, -0.2) is 23.3 Å².